The van der Waals surface area contributed by atoms with Crippen LogP contribution >= 0.6 is 0 Å². The van der Waals surface area contributed by atoms with Gasteiger partial charge in [0.1, 0.15) is 0 Å². The van der Waals surface area contributed by atoms with Gasteiger partial charge < -0.3 is 10.6 Å². The molecule has 2 aromatic rings. The number of fused-ring (bicyclic) bond motifs is 1. The number of aryl methyl sites for hydroxylation is 2. The number of hydrogen-bond acceptors (Lipinski definition) is 2. The summed E-state index contributed by atoms with van der Waals surface area (Å²) in [6.07, 6.45) is 0.959. The monoisotopic (exact) mass is 294 g/mol. The number of carbonyl (C=O) groups is 1. The molecule has 0 spiro atoms. The van der Waals surface area contributed by atoms with Crippen molar-refractivity contribution >= 4 is 11.6 Å². The lowest BCUT2D eigenvalue weighted by molar-refractivity contribution is 0.0952. The Morgan fingerprint density at radius 1 is 1.23 bits per heavy atom. The topological polar surface area (TPSA) is 41.1 Å². The fraction of sp³-hybridized carbons (Fsp3) is 0.316. The normalized spacial score (nSPS) is 16.0. The van der Waals surface area contributed by atoms with E-state index in [2.05, 4.69) is 34.9 Å². The van der Waals surface area contributed by atoms with Crippen LogP contribution in [0.4, 0.5) is 5.69 Å². The fourth-order valence-electron chi connectivity index (χ4n) is 3.14. The quantitative estimate of drug-likeness (QED) is 0.904. The fourth-order valence-corrected chi connectivity index (χ4v) is 3.14. The Morgan fingerprint density at radius 2 is 2.05 bits per heavy atom. The predicted molar refractivity (Wildman–Crippen MR) is 90.5 cm³/mol. The van der Waals surface area contributed by atoms with Crippen molar-refractivity contribution in [2.24, 2.45) is 0 Å². The molecular weight excluding hydrogens is 272 g/mol. The molecular formula is C19H22N2O. The first-order valence-electron chi connectivity index (χ1n) is 7.83. The minimum Gasteiger partial charge on any atom is -0.384 e. The minimum atomic E-state index is 0.0248. The molecule has 0 fully saturated rings. The van der Waals surface area contributed by atoms with Crippen molar-refractivity contribution in [3.05, 3.63) is 64.7 Å². The Kier molecular flexibility index (Phi) is 4.14. The lowest BCUT2D eigenvalue weighted by Gasteiger charge is -2.12. The zero-order valence-corrected chi connectivity index (χ0v) is 13.1. The van der Waals surface area contributed by atoms with Crippen LogP contribution in [0.25, 0.3) is 0 Å². The Bertz CT molecular complexity index is 694. The molecule has 0 saturated heterocycles. The van der Waals surface area contributed by atoms with Crippen LogP contribution in [0, 0.1) is 13.8 Å². The van der Waals surface area contributed by atoms with Crippen molar-refractivity contribution in [3.8, 4) is 0 Å². The molecule has 114 valence electrons. The summed E-state index contributed by atoms with van der Waals surface area (Å²) >= 11 is 0. The van der Waals surface area contributed by atoms with E-state index < -0.39 is 0 Å². The van der Waals surface area contributed by atoms with Gasteiger partial charge in [0.25, 0.3) is 5.91 Å². The van der Waals surface area contributed by atoms with Crippen LogP contribution in [0.5, 0.6) is 0 Å². The van der Waals surface area contributed by atoms with Crippen LogP contribution < -0.4 is 10.6 Å². The first-order chi connectivity index (χ1) is 10.6. The third kappa shape index (κ3) is 2.98. The largest absolute Gasteiger partial charge is 0.384 e. The number of para-hydroxylation sites is 1. The van der Waals surface area contributed by atoms with Gasteiger partial charge in [-0.3, -0.25) is 4.79 Å². The molecule has 1 aliphatic rings. The number of amides is 1. The van der Waals surface area contributed by atoms with Gasteiger partial charge in [-0.2, -0.15) is 0 Å². The van der Waals surface area contributed by atoms with Crippen LogP contribution in [0.15, 0.2) is 42.5 Å². The molecule has 0 radical (unpaired) electrons. The van der Waals surface area contributed by atoms with E-state index in [9.17, 15) is 4.79 Å². The van der Waals surface area contributed by atoms with Crippen molar-refractivity contribution in [1.82, 2.24) is 5.32 Å². The molecule has 0 saturated carbocycles. The number of rotatable bonds is 4. The van der Waals surface area contributed by atoms with Gasteiger partial charge in [0.2, 0.25) is 0 Å². The summed E-state index contributed by atoms with van der Waals surface area (Å²) in [7, 11) is 0. The Balaban J connectivity index is 1.56. The highest BCUT2D eigenvalue weighted by Gasteiger charge is 2.21. The average molecular weight is 294 g/mol. The number of nitrogens with one attached hydrogen (secondary N) is 2. The summed E-state index contributed by atoms with van der Waals surface area (Å²) in [5.74, 6) is 0.507. The molecule has 0 aromatic heterocycles. The summed E-state index contributed by atoms with van der Waals surface area (Å²) in [5.41, 5.74) is 5.58. The van der Waals surface area contributed by atoms with Gasteiger partial charge in [0.15, 0.2) is 0 Å². The SMILES string of the molecule is Cc1ccc(C(=O)NCCC2CNc3ccccc32)c(C)c1. The summed E-state index contributed by atoms with van der Waals surface area (Å²) in [6.45, 7) is 5.68. The van der Waals surface area contributed by atoms with Gasteiger partial charge in [-0.15, -0.1) is 0 Å². The minimum absolute atomic E-state index is 0.0248. The molecule has 2 N–H and O–H groups in total. The lowest BCUT2D eigenvalue weighted by Crippen LogP contribution is -2.26. The van der Waals surface area contributed by atoms with Gasteiger partial charge in [-0.1, -0.05) is 35.9 Å². The number of anilines is 1. The van der Waals surface area contributed by atoms with Crippen molar-refractivity contribution < 1.29 is 4.79 Å². The number of carbonyl (C=O) groups excluding carboxylic acids is 1. The van der Waals surface area contributed by atoms with E-state index in [4.69, 9.17) is 0 Å². The highest BCUT2D eigenvalue weighted by Crippen LogP contribution is 2.32. The maximum Gasteiger partial charge on any atom is 0.251 e. The Morgan fingerprint density at radius 3 is 2.86 bits per heavy atom. The van der Waals surface area contributed by atoms with Gasteiger partial charge in [0.05, 0.1) is 0 Å². The smallest absolute Gasteiger partial charge is 0.251 e. The second-order valence-corrected chi connectivity index (χ2v) is 6.03. The van der Waals surface area contributed by atoms with Gasteiger partial charge >= 0.3 is 0 Å². The average Bonchev–Trinajstić information content (AvgIpc) is 2.90. The Labute approximate surface area is 131 Å². The molecule has 3 nitrogen and oxygen atoms in total. The van der Waals surface area contributed by atoms with Crippen LogP contribution in [0.1, 0.15) is 39.4 Å². The molecule has 0 bridgehead atoms. The van der Waals surface area contributed by atoms with Crippen LogP contribution in [-0.4, -0.2) is 19.0 Å². The van der Waals surface area contributed by atoms with Crippen molar-refractivity contribution in [2.45, 2.75) is 26.2 Å². The summed E-state index contributed by atoms with van der Waals surface area (Å²) < 4.78 is 0. The molecule has 1 amide bonds. The molecule has 3 heteroatoms. The van der Waals surface area contributed by atoms with Crippen molar-refractivity contribution in [1.29, 1.82) is 0 Å². The van der Waals surface area contributed by atoms with Gasteiger partial charge in [-0.25, -0.2) is 0 Å². The van der Waals surface area contributed by atoms with Crippen LogP contribution in [0.2, 0.25) is 0 Å². The molecule has 1 atom stereocenters. The molecule has 0 aliphatic carbocycles. The predicted octanol–water partition coefficient (Wildman–Crippen LogP) is 3.63. The van der Waals surface area contributed by atoms with Crippen LogP contribution in [-0.2, 0) is 0 Å². The van der Waals surface area contributed by atoms with Crippen molar-refractivity contribution in [2.75, 3.05) is 18.4 Å². The molecule has 22 heavy (non-hydrogen) atoms. The second-order valence-electron chi connectivity index (χ2n) is 6.03. The highest BCUT2D eigenvalue weighted by atomic mass is 16.1. The van der Waals surface area contributed by atoms with E-state index in [1.54, 1.807) is 0 Å². The molecule has 1 heterocycles. The molecule has 1 unspecified atom stereocenters. The second kappa shape index (κ2) is 6.22. The number of benzene rings is 2. The highest BCUT2D eigenvalue weighted by molar-refractivity contribution is 5.95. The van der Waals surface area contributed by atoms with Crippen LogP contribution in [0.3, 0.4) is 0 Å². The van der Waals surface area contributed by atoms with E-state index in [1.807, 2.05) is 32.0 Å². The maximum atomic E-state index is 12.3. The molecule has 1 aliphatic heterocycles. The van der Waals surface area contributed by atoms with E-state index in [0.717, 1.165) is 24.1 Å². The van der Waals surface area contributed by atoms with E-state index in [-0.39, 0.29) is 5.91 Å². The zero-order chi connectivity index (χ0) is 15.5. The zero-order valence-electron chi connectivity index (χ0n) is 13.1. The van der Waals surface area contributed by atoms with E-state index in [0.29, 0.717) is 12.5 Å². The van der Waals surface area contributed by atoms with E-state index in [1.165, 1.54) is 16.8 Å². The first kappa shape index (κ1) is 14.6. The summed E-state index contributed by atoms with van der Waals surface area (Å²) in [6, 6.07) is 14.4. The third-order valence-electron chi connectivity index (χ3n) is 4.34. The summed E-state index contributed by atoms with van der Waals surface area (Å²) in [4.78, 5) is 12.3. The van der Waals surface area contributed by atoms with Gasteiger partial charge in [-0.05, 0) is 43.5 Å². The van der Waals surface area contributed by atoms with Crippen molar-refractivity contribution in [3.63, 3.8) is 0 Å². The third-order valence-corrected chi connectivity index (χ3v) is 4.34. The Hall–Kier alpha value is -2.29. The number of hydrogen-bond donors (Lipinski definition) is 2. The standard InChI is InChI=1S/C19H22N2O/c1-13-7-8-16(14(2)11-13)19(22)20-10-9-15-12-21-18-6-4-3-5-17(15)18/h3-8,11,15,21H,9-10,12H2,1-2H3,(H,20,22). The molecule has 2 aromatic carbocycles. The summed E-state index contributed by atoms with van der Waals surface area (Å²) in [5, 5.41) is 6.47. The van der Waals surface area contributed by atoms with Gasteiger partial charge in [0, 0.05) is 30.3 Å². The first-order valence-corrected chi connectivity index (χ1v) is 7.83. The maximum absolute atomic E-state index is 12.3. The lowest BCUT2D eigenvalue weighted by atomic mass is 9.98. The van der Waals surface area contributed by atoms with E-state index >= 15 is 0 Å². The molecule has 3 rings (SSSR count).